The number of carbonyl (C=O) groups is 1. The predicted octanol–water partition coefficient (Wildman–Crippen LogP) is 0.572. The van der Waals surface area contributed by atoms with Crippen molar-refractivity contribution in [2.45, 2.75) is 6.23 Å². The van der Waals surface area contributed by atoms with Crippen LogP contribution in [0.5, 0.6) is 0 Å². The maximum atomic E-state index is 12.8. The Bertz CT molecular complexity index is 387. The van der Waals surface area contributed by atoms with Crippen LogP contribution in [0.2, 0.25) is 0 Å². The molecule has 1 atom stereocenters. The quantitative estimate of drug-likeness (QED) is 0.636. The van der Waals surface area contributed by atoms with Crippen LogP contribution in [0.25, 0.3) is 0 Å². The Kier molecular flexibility index (Phi) is 4.86. The van der Waals surface area contributed by atoms with Gasteiger partial charge in [0.05, 0.1) is 6.54 Å². The Hall–Kier alpha value is -1.66. The second kappa shape index (κ2) is 6.17. The van der Waals surface area contributed by atoms with Gasteiger partial charge in [-0.2, -0.15) is 0 Å². The Morgan fingerprint density at radius 1 is 1.59 bits per heavy atom. The van der Waals surface area contributed by atoms with Gasteiger partial charge in [-0.3, -0.25) is 9.69 Å². The third-order valence-corrected chi connectivity index (χ3v) is 2.05. The van der Waals surface area contributed by atoms with Gasteiger partial charge in [0.25, 0.3) is 0 Å². The Morgan fingerprint density at radius 3 is 2.88 bits per heavy atom. The number of aliphatic hydroxyl groups excluding tert-OH is 1. The zero-order valence-electron chi connectivity index (χ0n) is 9.43. The van der Waals surface area contributed by atoms with E-state index in [4.69, 9.17) is 5.11 Å². The molecule has 5 nitrogen and oxygen atoms in total. The first-order valence-corrected chi connectivity index (χ1v) is 5.08. The van der Waals surface area contributed by atoms with Crippen molar-refractivity contribution in [2.75, 3.05) is 25.5 Å². The molecule has 0 aliphatic rings. The summed E-state index contributed by atoms with van der Waals surface area (Å²) in [5.74, 6) is -1.37. The fraction of sp³-hybridized carbons (Fsp3) is 0.364. The lowest BCUT2D eigenvalue weighted by Crippen LogP contribution is -2.36. The number of nitrogens with one attached hydrogen (secondary N) is 1. The fourth-order valence-corrected chi connectivity index (χ4v) is 1.41. The Labute approximate surface area is 98.5 Å². The molecule has 1 rings (SSSR count). The van der Waals surface area contributed by atoms with Gasteiger partial charge in [-0.05, 0) is 25.2 Å². The minimum absolute atomic E-state index is 0.128. The minimum Gasteiger partial charge on any atom is -0.480 e. The molecule has 0 radical (unpaired) electrons. The molecule has 0 saturated carbocycles. The highest BCUT2D eigenvalue weighted by Crippen LogP contribution is 2.09. The van der Waals surface area contributed by atoms with Crippen LogP contribution >= 0.6 is 0 Å². The van der Waals surface area contributed by atoms with E-state index in [0.29, 0.717) is 5.69 Å². The van der Waals surface area contributed by atoms with E-state index in [9.17, 15) is 14.3 Å². The maximum absolute atomic E-state index is 12.8. The number of hydrogen-bond donors (Lipinski definition) is 3. The summed E-state index contributed by atoms with van der Waals surface area (Å²) in [6.45, 7) is -0.0370. The first kappa shape index (κ1) is 13.4. The lowest BCUT2D eigenvalue weighted by atomic mass is 10.3. The van der Waals surface area contributed by atoms with E-state index < -0.39 is 18.0 Å². The van der Waals surface area contributed by atoms with Gasteiger partial charge in [-0.15, -0.1) is 0 Å². The van der Waals surface area contributed by atoms with Crippen LogP contribution in [0.3, 0.4) is 0 Å². The molecule has 1 aromatic carbocycles. The standard InChI is InChI=1S/C11H15FN2O3/c1-14(7-11(16)17)6-10(15)13-9-4-2-3-8(12)5-9/h2-5,10,13,15H,6-7H2,1H3,(H,16,17). The molecule has 0 aliphatic carbocycles. The van der Waals surface area contributed by atoms with Crippen LogP contribution in [-0.4, -0.2) is 47.4 Å². The van der Waals surface area contributed by atoms with E-state index in [-0.39, 0.29) is 13.1 Å². The number of hydrogen-bond acceptors (Lipinski definition) is 4. The van der Waals surface area contributed by atoms with Crippen molar-refractivity contribution < 1.29 is 19.4 Å². The van der Waals surface area contributed by atoms with Crippen molar-refractivity contribution in [3.8, 4) is 0 Å². The number of benzene rings is 1. The molecule has 6 heteroatoms. The number of rotatable bonds is 6. The van der Waals surface area contributed by atoms with Gasteiger partial charge in [-0.25, -0.2) is 4.39 Å². The molecule has 0 heterocycles. The van der Waals surface area contributed by atoms with Crippen molar-refractivity contribution in [3.63, 3.8) is 0 Å². The van der Waals surface area contributed by atoms with Gasteiger partial charge in [0.1, 0.15) is 12.0 Å². The second-order valence-corrected chi connectivity index (χ2v) is 3.76. The summed E-state index contributed by atoms with van der Waals surface area (Å²) in [5.41, 5.74) is 0.446. The molecule has 0 amide bonds. The molecular weight excluding hydrogens is 227 g/mol. The molecule has 0 bridgehead atoms. The summed E-state index contributed by atoms with van der Waals surface area (Å²) in [6.07, 6.45) is -0.957. The third kappa shape index (κ3) is 5.28. The monoisotopic (exact) mass is 242 g/mol. The molecule has 0 aromatic heterocycles. The fourth-order valence-electron chi connectivity index (χ4n) is 1.41. The van der Waals surface area contributed by atoms with Crippen LogP contribution in [-0.2, 0) is 4.79 Å². The first-order chi connectivity index (χ1) is 7.97. The van der Waals surface area contributed by atoms with Crippen molar-refractivity contribution in [1.82, 2.24) is 4.90 Å². The number of halogens is 1. The maximum Gasteiger partial charge on any atom is 0.317 e. The van der Waals surface area contributed by atoms with Crippen molar-refractivity contribution >= 4 is 11.7 Å². The van der Waals surface area contributed by atoms with E-state index in [1.807, 2.05) is 0 Å². The van der Waals surface area contributed by atoms with Crippen LogP contribution < -0.4 is 5.32 Å². The summed E-state index contributed by atoms with van der Waals surface area (Å²) >= 11 is 0. The van der Waals surface area contributed by atoms with Crippen LogP contribution in [0.4, 0.5) is 10.1 Å². The van der Waals surface area contributed by atoms with Crippen molar-refractivity contribution in [3.05, 3.63) is 30.1 Å². The highest BCUT2D eigenvalue weighted by atomic mass is 19.1. The van der Waals surface area contributed by atoms with Gasteiger partial charge < -0.3 is 15.5 Å². The second-order valence-electron chi connectivity index (χ2n) is 3.76. The first-order valence-electron chi connectivity index (χ1n) is 5.08. The minimum atomic E-state index is -0.967. The highest BCUT2D eigenvalue weighted by molar-refractivity contribution is 5.69. The van der Waals surface area contributed by atoms with E-state index in [0.717, 1.165) is 0 Å². The molecule has 1 unspecified atom stereocenters. The average Bonchev–Trinajstić information content (AvgIpc) is 2.14. The Balaban J connectivity index is 2.44. The number of anilines is 1. The van der Waals surface area contributed by atoms with Crippen LogP contribution in [0.1, 0.15) is 0 Å². The summed E-state index contributed by atoms with van der Waals surface area (Å²) < 4.78 is 12.8. The van der Waals surface area contributed by atoms with E-state index in [1.54, 1.807) is 13.1 Å². The number of aliphatic carboxylic acids is 1. The number of carboxylic acids is 1. The molecule has 17 heavy (non-hydrogen) atoms. The van der Waals surface area contributed by atoms with Gasteiger partial charge in [-0.1, -0.05) is 6.07 Å². The topological polar surface area (TPSA) is 72.8 Å². The molecule has 3 N–H and O–H groups in total. The summed E-state index contributed by atoms with van der Waals surface area (Å²) in [5, 5.41) is 20.8. The molecular formula is C11H15FN2O3. The van der Waals surface area contributed by atoms with Crippen molar-refractivity contribution in [1.29, 1.82) is 0 Å². The van der Waals surface area contributed by atoms with Gasteiger partial charge >= 0.3 is 5.97 Å². The summed E-state index contributed by atoms with van der Waals surface area (Å²) in [4.78, 5) is 11.8. The van der Waals surface area contributed by atoms with Crippen LogP contribution in [0, 0.1) is 5.82 Å². The van der Waals surface area contributed by atoms with Gasteiger partial charge in [0.15, 0.2) is 0 Å². The highest BCUT2D eigenvalue weighted by Gasteiger charge is 2.10. The molecule has 1 aromatic rings. The van der Waals surface area contributed by atoms with Gasteiger partial charge in [0, 0.05) is 12.2 Å². The normalized spacial score (nSPS) is 12.5. The zero-order valence-corrected chi connectivity index (χ0v) is 9.43. The predicted molar refractivity (Wildman–Crippen MR) is 61.2 cm³/mol. The number of nitrogens with zero attached hydrogens (tertiary/aromatic N) is 1. The molecule has 94 valence electrons. The smallest absolute Gasteiger partial charge is 0.317 e. The summed E-state index contributed by atoms with van der Waals surface area (Å²) in [6, 6.07) is 5.68. The van der Waals surface area contributed by atoms with E-state index >= 15 is 0 Å². The molecule has 0 fully saturated rings. The largest absolute Gasteiger partial charge is 0.480 e. The van der Waals surface area contributed by atoms with E-state index in [2.05, 4.69) is 5.32 Å². The molecule has 0 saturated heterocycles. The third-order valence-electron chi connectivity index (χ3n) is 2.05. The zero-order chi connectivity index (χ0) is 12.8. The molecule has 0 aliphatic heterocycles. The lowest BCUT2D eigenvalue weighted by molar-refractivity contribution is -0.138. The van der Waals surface area contributed by atoms with Gasteiger partial charge in [0.2, 0.25) is 0 Å². The average molecular weight is 242 g/mol. The number of aliphatic hydroxyl groups is 1. The SMILES string of the molecule is CN(CC(=O)O)CC(O)Nc1cccc(F)c1. The van der Waals surface area contributed by atoms with Crippen LogP contribution in [0.15, 0.2) is 24.3 Å². The Morgan fingerprint density at radius 2 is 2.29 bits per heavy atom. The lowest BCUT2D eigenvalue weighted by Gasteiger charge is -2.20. The van der Waals surface area contributed by atoms with E-state index in [1.165, 1.54) is 23.1 Å². The molecule has 0 spiro atoms. The number of carboxylic acid groups (broad SMARTS) is 1. The number of likely N-dealkylation sites (N-methyl/N-ethyl adjacent to an activating group) is 1. The summed E-state index contributed by atoms with van der Waals surface area (Å²) in [7, 11) is 1.57. The van der Waals surface area contributed by atoms with Crippen molar-refractivity contribution in [2.24, 2.45) is 0 Å².